The lowest BCUT2D eigenvalue weighted by Gasteiger charge is -2.37. The predicted molar refractivity (Wildman–Crippen MR) is 48.5 cm³/mol. The van der Waals surface area contributed by atoms with Crippen LogP contribution in [0.4, 0.5) is 0 Å². The number of carbonyl (C=O) groups excluding carboxylic acids is 1. The van der Waals surface area contributed by atoms with Crippen molar-refractivity contribution < 1.29 is 4.79 Å². The van der Waals surface area contributed by atoms with E-state index in [-0.39, 0.29) is 11.3 Å². The zero-order chi connectivity index (χ0) is 9.03. The molecule has 0 unspecified atom stereocenters. The number of rotatable bonds is 4. The van der Waals surface area contributed by atoms with Crippen LogP contribution in [0.15, 0.2) is 0 Å². The molecule has 0 aromatic carbocycles. The molecule has 0 aromatic rings. The van der Waals surface area contributed by atoms with E-state index in [4.69, 9.17) is 12.2 Å². The lowest BCUT2D eigenvalue weighted by Crippen LogP contribution is -2.48. The van der Waals surface area contributed by atoms with E-state index in [1.807, 2.05) is 0 Å². The monoisotopic (exact) mass is 165 g/mol. The maximum absolute atomic E-state index is 11.2. The fourth-order valence-corrected chi connectivity index (χ4v) is 1.50. The van der Waals surface area contributed by atoms with Crippen molar-refractivity contribution in [3.05, 3.63) is 0 Å². The zero-order valence-corrected chi connectivity index (χ0v) is 7.31. The molecule has 0 spiro atoms. The Morgan fingerprint density at radius 2 is 2.25 bits per heavy atom. The van der Waals surface area contributed by atoms with E-state index in [9.17, 15) is 4.79 Å². The minimum absolute atomic E-state index is 0.175. The van der Waals surface area contributed by atoms with E-state index < -0.39 is 0 Å². The van der Waals surface area contributed by atoms with E-state index in [2.05, 4.69) is 5.92 Å². The summed E-state index contributed by atoms with van der Waals surface area (Å²) in [6.07, 6.45) is 9.78. The molecule has 0 bridgehead atoms. The van der Waals surface area contributed by atoms with E-state index in [0.29, 0.717) is 19.3 Å². The molecular formula is C10H15NO. The number of hydrogen-bond acceptors (Lipinski definition) is 2. The van der Waals surface area contributed by atoms with Crippen molar-refractivity contribution in [2.75, 3.05) is 0 Å². The van der Waals surface area contributed by atoms with E-state index in [0.717, 1.165) is 12.8 Å². The molecule has 2 N–H and O–H groups in total. The molecule has 2 nitrogen and oxygen atoms in total. The molecule has 0 atom stereocenters. The summed E-state index contributed by atoms with van der Waals surface area (Å²) in [6.45, 7) is 0. The zero-order valence-electron chi connectivity index (χ0n) is 7.31. The second-order valence-corrected chi connectivity index (χ2v) is 3.64. The Hall–Kier alpha value is -0.810. The van der Waals surface area contributed by atoms with Crippen LogP contribution in [0.25, 0.3) is 0 Å². The summed E-state index contributed by atoms with van der Waals surface area (Å²) in [4.78, 5) is 11.2. The quantitative estimate of drug-likeness (QED) is 0.637. The van der Waals surface area contributed by atoms with Gasteiger partial charge in [0.15, 0.2) is 0 Å². The summed E-state index contributed by atoms with van der Waals surface area (Å²) in [7, 11) is 0. The van der Waals surface area contributed by atoms with Crippen LogP contribution in [-0.2, 0) is 4.79 Å². The largest absolute Gasteiger partial charge is 0.325 e. The molecule has 0 aromatic heterocycles. The van der Waals surface area contributed by atoms with Gasteiger partial charge in [0.2, 0.25) is 0 Å². The smallest absolute Gasteiger partial charge is 0.135 e. The molecule has 1 fully saturated rings. The molecule has 2 heteroatoms. The van der Waals surface area contributed by atoms with Gasteiger partial charge in [-0.2, -0.15) is 0 Å². The molecule has 0 amide bonds. The molecular weight excluding hydrogens is 150 g/mol. The van der Waals surface area contributed by atoms with Gasteiger partial charge in [-0.05, 0) is 19.3 Å². The van der Waals surface area contributed by atoms with Gasteiger partial charge in [0.1, 0.15) is 5.78 Å². The van der Waals surface area contributed by atoms with E-state index in [1.54, 1.807) is 0 Å². The summed E-state index contributed by atoms with van der Waals surface area (Å²) in [5, 5.41) is 0. The predicted octanol–water partition coefficient (Wildman–Crippen LogP) is 1.24. The fraction of sp³-hybridized carbons (Fsp3) is 0.700. The Bertz CT molecular complexity index is 210. The Labute approximate surface area is 73.5 Å². The lowest BCUT2D eigenvalue weighted by molar-refractivity contribution is -0.120. The van der Waals surface area contributed by atoms with Crippen LogP contribution in [0, 0.1) is 12.3 Å². The molecule has 0 radical (unpaired) electrons. The van der Waals surface area contributed by atoms with E-state index in [1.165, 1.54) is 6.42 Å². The Balaban J connectivity index is 2.22. The van der Waals surface area contributed by atoms with Crippen molar-refractivity contribution in [2.24, 2.45) is 5.73 Å². The maximum Gasteiger partial charge on any atom is 0.135 e. The van der Waals surface area contributed by atoms with Gasteiger partial charge in [0, 0.05) is 24.8 Å². The molecule has 66 valence electrons. The van der Waals surface area contributed by atoms with E-state index >= 15 is 0 Å². The van der Waals surface area contributed by atoms with Crippen molar-refractivity contribution in [1.29, 1.82) is 0 Å². The highest BCUT2D eigenvalue weighted by Gasteiger charge is 2.34. The molecule has 0 aliphatic heterocycles. The Morgan fingerprint density at radius 1 is 1.58 bits per heavy atom. The summed E-state index contributed by atoms with van der Waals surface area (Å²) in [5.74, 6) is 2.68. The summed E-state index contributed by atoms with van der Waals surface area (Å²) < 4.78 is 0. The number of ketones is 1. The van der Waals surface area contributed by atoms with Crippen molar-refractivity contribution in [1.82, 2.24) is 0 Å². The minimum Gasteiger partial charge on any atom is -0.325 e. The topological polar surface area (TPSA) is 43.1 Å². The highest BCUT2D eigenvalue weighted by Crippen LogP contribution is 2.32. The third-order valence-corrected chi connectivity index (χ3v) is 2.45. The lowest BCUT2D eigenvalue weighted by atomic mass is 9.74. The average Bonchev–Trinajstić information content (AvgIpc) is 1.98. The first kappa shape index (κ1) is 9.28. The number of nitrogens with two attached hydrogens (primary N) is 1. The number of hydrogen-bond donors (Lipinski definition) is 1. The van der Waals surface area contributed by atoms with Gasteiger partial charge in [-0.15, -0.1) is 12.3 Å². The Morgan fingerprint density at radius 3 is 2.67 bits per heavy atom. The van der Waals surface area contributed by atoms with Crippen LogP contribution in [0.5, 0.6) is 0 Å². The van der Waals surface area contributed by atoms with Gasteiger partial charge in [-0.1, -0.05) is 0 Å². The summed E-state index contributed by atoms with van der Waals surface area (Å²) in [6, 6.07) is 0. The van der Waals surface area contributed by atoms with Crippen LogP contribution < -0.4 is 5.73 Å². The van der Waals surface area contributed by atoms with Gasteiger partial charge in [-0.25, -0.2) is 0 Å². The van der Waals surface area contributed by atoms with Crippen LogP contribution in [0.2, 0.25) is 0 Å². The highest BCUT2D eigenvalue weighted by molar-refractivity contribution is 5.80. The third-order valence-electron chi connectivity index (χ3n) is 2.45. The van der Waals surface area contributed by atoms with Crippen molar-refractivity contribution in [2.45, 2.75) is 44.1 Å². The van der Waals surface area contributed by atoms with Crippen LogP contribution >= 0.6 is 0 Å². The van der Waals surface area contributed by atoms with Gasteiger partial charge in [0.25, 0.3) is 0 Å². The first-order chi connectivity index (χ1) is 5.66. The number of carbonyl (C=O) groups is 1. The second-order valence-electron chi connectivity index (χ2n) is 3.64. The molecule has 1 rings (SSSR count). The van der Waals surface area contributed by atoms with Crippen molar-refractivity contribution >= 4 is 5.78 Å². The first-order valence-electron chi connectivity index (χ1n) is 4.40. The maximum atomic E-state index is 11.2. The molecule has 12 heavy (non-hydrogen) atoms. The Kier molecular flexibility index (Phi) is 2.88. The number of terminal acetylenes is 1. The van der Waals surface area contributed by atoms with Gasteiger partial charge >= 0.3 is 0 Å². The average molecular weight is 165 g/mol. The van der Waals surface area contributed by atoms with Gasteiger partial charge < -0.3 is 5.73 Å². The van der Waals surface area contributed by atoms with Crippen LogP contribution in [0.3, 0.4) is 0 Å². The van der Waals surface area contributed by atoms with Crippen molar-refractivity contribution in [3.8, 4) is 12.3 Å². The van der Waals surface area contributed by atoms with Crippen molar-refractivity contribution in [3.63, 3.8) is 0 Å². The first-order valence-corrected chi connectivity index (χ1v) is 4.40. The van der Waals surface area contributed by atoms with Gasteiger partial charge in [-0.3, -0.25) is 4.79 Å². The molecule has 1 aliphatic carbocycles. The summed E-state index contributed by atoms with van der Waals surface area (Å²) >= 11 is 0. The fourth-order valence-electron chi connectivity index (χ4n) is 1.50. The minimum atomic E-state index is -0.175. The second kappa shape index (κ2) is 3.73. The summed E-state index contributed by atoms with van der Waals surface area (Å²) in [5.41, 5.74) is 5.73. The molecule has 0 saturated heterocycles. The molecule has 0 heterocycles. The normalized spacial score (nSPS) is 19.3. The highest BCUT2D eigenvalue weighted by atomic mass is 16.1. The third kappa shape index (κ3) is 2.35. The SMILES string of the molecule is C#CCCC(=O)CC1(N)CCC1. The molecule has 1 aliphatic rings. The van der Waals surface area contributed by atoms with Crippen LogP contribution in [-0.4, -0.2) is 11.3 Å². The number of Topliss-reactive ketones (excluding diaryl/α,β-unsaturated/α-hetero) is 1. The molecule has 1 saturated carbocycles. The van der Waals surface area contributed by atoms with Crippen LogP contribution in [0.1, 0.15) is 38.5 Å². The standard InChI is InChI=1S/C10H15NO/c1-2-3-5-9(12)8-10(11)6-4-7-10/h1H,3-8,11H2. The van der Waals surface area contributed by atoms with Gasteiger partial charge in [0.05, 0.1) is 0 Å².